The number of benzene rings is 1. The average Bonchev–Trinajstić information content (AvgIpc) is 2.42. The molecule has 2 N–H and O–H groups in total. The van der Waals surface area contributed by atoms with Gasteiger partial charge in [-0.2, -0.15) is 0 Å². The second-order valence-corrected chi connectivity index (χ2v) is 5.55. The molecule has 2 aromatic rings. The molecule has 0 unspecified atom stereocenters. The molecule has 0 spiro atoms. The fraction of sp³-hybridized carbons (Fsp3) is 0.167. The van der Waals surface area contributed by atoms with E-state index in [0.29, 0.717) is 17.3 Å². The third-order valence-electron chi connectivity index (χ3n) is 2.53. The number of aromatic nitrogens is 2. The molecule has 110 valence electrons. The van der Waals surface area contributed by atoms with Crippen molar-refractivity contribution in [3.05, 3.63) is 43.2 Å². The number of nitro groups is 1. The van der Waals surface area contributed by atoms with Crippen LogP contribution in [0.15, 0.2) is 24.5 Å². The van der Waals surface area contributed by atoms with Gasteiger partial charge in [0.1, 0.15) is 6.33 Å². The summed E-state index contributed by atoms with van der Waals surface area (Å²) in [7, 11) is 0. The number of hydrogen-bond donors (Lipinski definition) is 2. The van der Waals surface area contributed by atoms with Crippen LogP contribution in [-0.2, 0) is 0 Å². The van der Waals surface area contributed by atoms with Crippen LogP contribution in [0.1, 0.15) is 6.92 Å². The molecule has 0 saturated heterocycles. The normalized spacial score (nSPS) is 10.2. The first-order valence-electron chi connectivity index (χ1n) is 5.98. The zero-order valence-corrected chi connectivity index (χ0v) is 13.8. The molecular formula is C12H11ClIN5O2. The Bertz CT molecular complexity index is 683. The van der Waals surface area contributed by atoms with Gasteiger partial charge < -0.3 is 10.6 Å². The van der Waals surface area contributed by atoms with Crippen LogP contribution in [0.4, 0.5) is 23.0 Å². The summed E-state index contributed by atoms with van der Waals surface area (Å²) in [5.74, 6) is 0.315. The number of halogens is 2. The summed E-state index contributed by atoms with van der Waals surface area (Å²) in [5.41, 5.74) is 0.495. The van der Waals surface area contributed by atoms with Crippen LogP contribution in [0.3, 0.4) is 0 Å². The lowest BCUT2D eigenvalue weighted by molar-refractivity contribution is -0.383. The third kappa shape index (κ3) is 3.70. The van der Waals surface area contributed by atoms with Crippen LogP contribution >= 0.6 is 34.2 Å². The number of hydrogen-bond acceptors (Lipinski definition) is 6. The fourth-order valence-corrected chi connectivity index (χ4v) is 2.66. The maximum atomic E-state index is 11.3. The first kappa shape index (κ1) is 15.7. The van der Waals surface area contributed by atoms with Gasteiger partial charge in [-0.15, -0.1) is 0 Å². The molecule has 0 amide bonds. The zero-order valence-electron chi connectivity index (χ0n) is 10.9. The lowest BCUT2D eigenvalue weighted by Crippen LogP contribution is -2.08. The standard InChI is InChI=1S/C12H11ClIN5O2/c1-2-15-11-10(19(20)21)12(17-6-16-11)18-9-4-3-7(13)5-8(9)14/h3-6H,2H2,1H3,(H2,15,16,17,18). The van der Waals surface area contributed by atoms with Gasteiger partial charge in [0.15, 0.2) is 0 Å². The Hall–Kier alpha value is -1.68. The molecule has 0 saturated carbocycles. The van der Waals surface area contributed by atoms with E-state index in [1.54, 1.807) is 18.2 Å². The monoisotopic (exact) mass is 419 g/mol. The number of anilines is 3. The minimum absolute atomic E-state index is 0.131. The van der Waals surface area contributed by atoms with E-state index in [9.17, 15) is 10.1 Å². The van der Waals surface area contributed by atoms with Crippen molar-refractivity contribution in [3.8, 4) is 0 Å². The number of rotatable bonds is 5. The van der Waals surface area contributed by atoms with E-state index in [2.05, 4.69) is 43.2 Å². The lowest BCUT2D eigenvalue weighted by Gasteiger charge is -2.10. The molecule has 0 aliphatic carbocycles. The molecule has 0 radical (unpaired) electrons. The van der Waals surface area contributed by atoms with Crippen LogP contribution in [-0.4, -0.2) is 21.4 Å². The zero-order chi connectivity index (χ0) is 15.4. The van der Waals surface area contributed by atoms with Crippen molar-refractivity contribution in [1.29, 1.82) is 0 Å². The van der Waals surface area contributed by atoms with Gasteiger partial charge in [0.25, 0.3) is 0 Å². The molecule has 1 aromatic carbocycles. The van der Waals surface area contributed by atoms with Gasteiger partial charge in [0.05, 0.1) is 10.6 Å². The van der Waals surface area contributed by atoms with Gasteiger partial charge in [-0.1, -0.05) is 11.6 Å². The molecule has 1 aromatic heterocycles. The molecule has 0 aliphatic heterocycles. The number of nitrogens with one attached hydrogen (secondary N) is 2. The Labute approximate surface area is 139 Å². The molecule has 1 heterocycles. The Balaban J connectivity index is 2.43. The highest BCUT2D eigenvalue weighted by atomic mass is 127. The Morgan fingerprint density at radius 1 is 1.38 bits per heavy atom. The van der Waals surface area contributed by atoms with Crippen molar-refractivity contribution in [2.24, 2.45) is 0 Å². The summed E-state index contributed by atoms with van der Waals surface area (Å²) in [4.78, 5) is 18.6. The maximum absolute atomic E-state index is 11.3. The van der Waals surface area contributed by atoms with Gasteiger partial charge >= 0.3 is 5.69 Å². The maximum Gasteiger partial charge on any atom is 0.353 e. The summed E-state index contributed by atoms with van der Waals surface area (Å²) in [6.07, 6.45) is 1.27. The van der Waals surface area contributed by atoms with Crippen molar-refractivity contribution in [2.45, 2.75) is 6.92 Å². The van der Waals surface area contributed by atoms with Crippen LogP contribution in [0, 0.1) is 13.7 Å². The third-order valence-corrected chi connectivity index (χ3v) is 3.66. The van der Waals surface area contributed by atoms with Crippen molar-refractivity contribution in [2.75, 3.05) is 17.2 Å². The summed E-state index contributed by atoms with van der Waals surface area (Å²) >= 11 is 7.98. The Kier molecular flexibility index (Phi) is 5.12. The summed E-state index contributed by atoms with van der Waals surface area (Å²) in [5, 5.41) is 17.7. The molecule has 0 fully saturated rings. The van der Waals surface area contributed by atoms with E-state index in [1.807, 2.05) is 6.92 Å². The van der Waals surface area contributed by atoms with E-state index in [1.165, 1.54) is 6.33 Å². The minimum atomic E-state index is -0.511. The van der Waals surface area contributed by atoms with Gasteiger partial charge in [-0.25, -0.2) is 9.97 Å². The number of nitrogens with zero attached hydrogens (tertiary/aromatic N) is 3. The van der Waals surface area contributed by atoms with Gasteiger partial charge in [0, 0.05) is 15.1 Å². The first-order chi connectivity index (χ1) is 10.0. The topological polar surface area (TPSA) is 93.0 Å². The second-order valence-electron chi connectivity index (χ2n) is 3.96. The largest absolute Gasteiger partial charge is 0.364 e. The molecule has 9 heteroatoms. The molecular weight excluding hydrogens is 409 g/mol. The molecule has 0 atom stereocenters. The quantitative estimate of drug-likeness (QED) is 0.435. The van der Waals surface area contributed by atoms with Crippen molar-refractivity contribution in [1.82, 2.24) is 9.97 Å². The molecule has 7 nitrogen and oxygen atoms in total. The predicted octanol–water partition coefficient (Wildman–Crippen LogP) is 3.82. The molecule has 0 bridgehead atoms. The smallest absolute Gasteiger partial charge is 0.353 e. The molecule has 21 heavy (non-hydrogen) atoms. The average molecular weight is 420 g/mol. The van der Waals surface area contributed by atoms with E-state index in [-0.39, 0.29) is 17.3 Å². The minimum Gasteiger partial charge on any atom is -0.364 e. The van der Waals surface area contributed by atoms with Crippen LogP contribution in [0.25, 0.3) is 0 Å². The van der Waals surface area contributed by atoms with Crippen molar-refractivity contribution in [3.63, 3.8) is 0 Å². The second kappa shape index (κ2) is 6.85. The van der Waals surface area contributed by atoms with Gasteiger partial charge in [-0.3, -0.25) is 10.1 Å². The Morgan fingerprint density at radius 2 is 2.10 bits per heavy atom. The molecule has 0 aliphatic rings. The van der Waals surface area contributed by atoms with E-state index >= 15 is 0 Å². The van der Waals surface area contributed by atoms with Crippen LogP contribution < -0.4 is 10.6 Å². The first-order valence-corrected chi connectivity index (χ1v) is 7.44. The van der Waals surface area contributed by atoms with Crippen LogP contribution in [0.2, 0.25) is 5.02 Å². The van der Waals surface area contributed by atoms with E-state index < -0.39 is 4.92 Å². The summed E-state index contributed by atoms with van der Waals surface area (Å²) in [6.45, 7) is 2.36. The highest BCUT2D eigenvalue weighted by Crippen LogP contribution is 2.32. The van der Waals surface area contributed by atoms with Crippen molar-refractivity contribution < 1.29 is 4.92 Å². The Morgan fingerprint density at radius 3 is 2.71 bits per heavy atom. The SMILES string of the molecule is CCNc1ncnc(Nc2ccc(Cl)cc2I)c1[N+](=O)[O-]. The molecule has 2 rings (SSSR count). The van der Waals surface area contributed by atoms with Gasteiger partial charge in [-0.05, 0) is 47.7 Å². The van der Waals surface area contributed by atoms with E-state index in [0.717, 1.165) is 3.57 Å². The highest BCUT2D eigenvalue weighted by molar-refractivity contribution is 14.1. The highest BCUT2D eigenvalue weighted by Gasteiger charge is 2.23. The van der Waals surface area contributed by atoms with Crippen LogP contribution in [0.5, 0.6) is 0 Å². The van der Waals surface area contributed by atoms with Gasteiger partial charge in [0.2, 0.25) is 11.6 Å². The van der Waals surface area contributed by atoms with Crippen molar-refractivity contribution >= 4 is 57.2 Å². The fourth-order valence-electron chi connectivity index (χ4n) is 1.66. The predicted molar refractivity (Wildman–Crippen MR) is 90.3 cm³/mol. The van der Waals surface area contributed by atoms with E-state index in [4.69, 9.17) is 11.6 Å². The summed E-state index contributed by atoms with van der Waals surface area (Å²) in [6, 6.07) is 5.19. The summed E-state index contributed by atoms with van der Waals surface area (Å²) < 4.78 is 0.831. The lowest BCUT2D eigenvalue weighted by atomic mass is 10.3.